The molecule has 2 N–H and O–H groups in total. The Morgan fingerprint density at radius 2 is 1.96 bits per heavy atom. The van der Waals surface area contributed by atoms with Crippen LogP contribution < -0.4 is 9.88 Å². The Hall–Kier alpha value is -2.98. The highest BCUT2D eigenvalue weighted by Crippen LogP contribution is 2.30. The molecule has 0 radical (unpaired) electrons. The van der Waals surface area contributed by atoms with Gasteiger partial charge in [-0.3, -0.25) is 14.9 Å². The largest absolute Gasteiger partial charge is 0.487 e. The molecule has 1 atom stereocenters. The molecule has 0 fully saturated rings. The molecule has 2 aromatic rings. The van der Waals surface area contributed by atoms with Crippen LogP contribution in [0.5, 0.6) is 5.75 Å². The van der Waals surface area contributed by atoms with E-state index < -0.39 is 26.9 Å². The Bertz CT molecular complexity index is 1010. The second kappa shape index (κ2) is 8.36. The predicted molar refractivity (Wildman–Crippen MR) is 103 cm³/mol. The van der Waals surface area contributed by atoms with Crippen LogP contribution in [0.1, 0.15) is 35.8 Å². The van der Waals surface area contributed by atoms with Crippen molar-refractivity contribution >= 4 is 21.6 Å². The van der Waals surface area contributed by atoms with E-state index in [1.54, 1.807) is 19.9 Å². The minimum atomic E-state index is -3.87. The van der Waals surface area contributed by atoms with Crippen molar-refractivity contribution in [3.05, 3.63) is 63.7 Å². The second-order valence-corrected chi connectivity index (χ2v) is 7.64. The summed E-state index contributed by atoms with van der Waals surface area (Å²) in [7, 11) is -2.35. The van der Waals surface area contributed by atoms with E-state index in [9.17, 15) is 23.3 Å². The SMILES string of the molecule is CCOc1ccc(C(=O)N(C)C(C)c2cccc(S(N)(=O)=O)c2)cc1[N+](=O)[O-]. The van der Waals surface area contributed by atoms with Crippen molar-refractivity contribution in [1.29, 1.82) is 0 Å². The molecule has 0 aromatic heterocycles. The fourth-order valence-electron chi connectivity index (χ4n) is 2.63. The van der Waals surface area contributed by atoms with Gasteiger partial charge < -0.3 is 9.64 Å². The van der Waals surface area contributed by atoms with Gasteiger partial charge in [0.2, 0.25) is 10.0 Å². The van der Waals surface area contributed by atoms with E-state index in [2.05, 4.69) is 0 Å². The Kier molecular flexibility index (Phi) is 6.37. The topological polar surface area (TPSA) is 133 Å². The molecule has 2 rings (SSSR count). The summed E-state index contributed by atoms with van der Waals surface area (Å²) in [6.07, 6.45) is 0. The number of carbonyl (C=O) groups is 1. The van der Waals surface area contributed by atoms with Crippen LogP contribution in [0.25, 0.3) is 0 Å². The lowest BCUT2D eigenvalue weighted by molar-refractivity contribution is -0.385. The van der Waals surface area contributed by atoms with E-state index in [0.29, 0.717) is 5.56 Å². The minimum Gasteiger partial charge on any atom is -0.487 e. The van der Waals surface area contributed by atoms with Crippen LogP contribution in [0.4, 0.5) is 5.69 Å². The summed E-state index contributed by atoms with van der Waals surface area (Å²) < 4.78 is 28.3. The summed E-state index contributed by atoms with van der Waals surface area (Å²) in [6, 6.07) is 9.46. The highest BCUT2D eigenvalue weighted by Gasteiger charge is 2.24. The molecule has 0 spiro atoms. The molecule has 0 bridgehead atoms. The number of rotatable bonds is 7. The molecule has 0 aliphatic carbocycles. The number of primary sulfonamides is 1. The van der Waals surface area contributed by atoms with E-state index >= 15 is 0 Å². The molecule has 28 heavy (non-hydrogen) atoms. The van der Waals surface area contributed by atoms with Crippen molar-refractivity contribution in [3.63, 3.8) is 0 Å². The maximum Gasteiger partial charge on any atom is 0.311 e. The van der Waals surface area contributed by atoms with E-state index in [1.807, 2.05) is 0 Å². The molecular formula is C18H21N3O6S. The first kappa shape index (κ1) is 21.3. The highest BCUT2D eigenvalue weighted by atomic mass is 32.2. The first-order valence-corrected chi connectivity index (χ1v) is 9.92. The maximum atomic E-state index is 12.8. The molecular weight excluding hydrogens is 386 g/mol. The fraction of sp³-hybridized carbons (Fsp3) is 0.278. The molecule has 10 heteroatoms. The molecule has 1 unspecified atom stereocenters. The summed E-state index contributed by atoms with van der Waals surface area (Å²) in [6.45, 7) is 3.67. The van der Waals surface area contributed by atoms with Crippen LogP contribution >= 0.6 is 0 Å². The second-order valence-electron chi connectivity index (χ2n) is 6.08. The van der Waals surface area contributed by atoms with E-state index in [0.717, 1.165) is 6.07 Å². The van der Waals surface area contributed by atoms with Crippen molar-refractivity contribution in [3.8, 4) is 5.75 Å². The quantitative estimate of drug-likeness (QED) is 0.554. The zero-order valence-electron chi connectivity index (χ0n) is 15.7. The molecule has 0 saturated carbocycles. The molecule has 0 saturated heterocycles. The van der Waals surface area contributed by atoms with Crippen molar-refractivity contribution < 1.29 is 22.9 Å². The van der Waals surface area contributed by atoms with Gasteiger partial charge in [-0.25, -0.2) is 13.6 Å². The van der Waals surface area contributed by atoms with Crippen molar-refractivity contribution in [1.82, 2.24) is 4.90 Å². The number of nitrogens with zero attached hydrogens (tertiary/aromatic N) is 2. The first-order chi connectivity index (χ1) is 13.1. The average Bonchev–Trinajstić information content (AvgIpc) is 2.66. The van der Waals surface area contributed by atoms with Gasteiger partial charge in [-0.05, 0) is 43.7 Å². The van der Waals surface area contributed by atoms with Gasteiger partial charge in [-0.1, -0.05) is 12.1 Å². The molecule has 2 aromatic carbocycles. The predicted octanol–water partition coefficient (Wildman–Crippen LogP) is 2.47. The third-order valence-corrected chi connectivity index (χ3v) is 5.18. The zero-order chi connectivity index (χ0) is 21.1. The van der Waals surface area contributed by atoms with Crippen LogP contribution in [0.2, 0.25) is 0 Å². The molecule has 0 aliphatic rings. The van der Waals surface area contributed by atoms with Crippen LogP contribution in [-0.4, -0.2) is 37.8 Å². The lowest BCUT2D eigenvalue weighted by Gasteiger charge is -2.25. The number of nitro benzene ring substituents is 1. The molecule has 0 aliphatic heterocycles. The Labute approximate surface area is 162 Å². The number of nitro groups is 1. The monoisotopic (exact) mass is 407 g/mol. The van der Waals surface area contributed by atoms with Crippen LogP contribution in [0.3, 0.4) is 0 Å². The number of benzene rings is 2. The summed E-state index contributed by atoms with van der Waals surface area (Å²) in [4.78, 5) is 24.8. The molecule has 150 valence electrons. The van der Waals surface area contributed by atoms with Crippen LogP contribution in [-0.2, 0) is 10.0 Å². The van der Waals surface area contributed by atoms with Crippen molar-refractivity contribution in [2.75, 3.05) is 13.7 Å². The number of amides is 1. The average molecular weight is 407 g/mol. The number of ether oxygens (including phenoxy) is 1. The van der Waals surface area contributed by atoms with E-state index in [4.69, 9.17) is 9.88 Å². The smallest absolute Gasteiger partial charge is 0.311 e. The van der Waals surface area contributed by atoms with Gasteiger partial charge in [0.15, 0.2) is 5.75 Å². The summed E-state index contributed by atoms with van der Waals surface area (Å²) in [5.41, 5.74) is 0.375. The zero-order valence-corrected chi connectivity index (χ0v) is 16.5. The van der Waals surface area contributed by atoms with Gasteiger partial charge in [-0.15, -0.1) is 0 Å². The summed E-state index contributed by atoms with van der Waals surface area (Å²) in [5.74, 6) is -0.375. The van der Waals surface area contributed by atoms with Crippen molar-refractivity contribution in [2.45, 2.75) is 24.8 Å². The molecule has 1 amide bonds. The Morgan fingerprint density at radius 1 is 1.29 bits per heavy atom. The Morgan fingerprint density at radius 3 is 2.54 bits per heavy atom. The number of sulfonamides is 1. The van der Waals surface area contributed by atoms with Crippen molar-refractivity contribution in [2.24, 2.45) is 5.14 Å². The van der Waals surface area contributed by atoms with Gasteiger partial charge in [0, 0.05) is 18.7 Å². The molecule has 9 nitrogen and oxygen atoms in total. The van der Waals surface area contributed by atoms with Gasteiger partial charge >= 0.3 is 5.69 Å². The summed E-state index contributed by atoms with van der Waals surface area (Å²) >= 11 is 0. The normalized spacial score (nSPS) is 12.3. The highest BCUT2D eigenvalue weighted by molar-refractivity contribution is 7.89. The van der Waals surface area contributed by atoms with Gasteiger partial charge in [0.25, 0.3) is 5.91 Å². The van der Waals surface area contributed by atoms with Gasteiger partial charge in [-0.2, -0.15) is 0 Å². The third-order valence-electron chi connectivity index (χ3n) is 4.27. The van der Waals surface area contributed by atoms with Crippen LogP contribution in [0.15, 0.2) is 47.4 Å². The number of nitrogens with two attached hydrogens (primary N) is 1. The Balaban J connectivity index is 2.34. The fourth-order valence-corrected chi connectivity index (χ4v) is 3.19. The van der Waals surface area contributed by atoms with Gasteiger partial charge in [0.1, 0.15) is 0 Å². The van der Waals surface area contributed by atoms with Gasteiger partial charge in [0.05, 0.1) is 22.5 Å². The van der Waals surface area contributed by atoms with E-state index in [1.165, 1.54) is 42.3 Å². The lowest BCUT2D eigenvalue weighted by Crippen LogP contribution is -2.30. The number of carbonyl (C=O) groups excluding carboxylic acids is 1. The standard InChI is InChI=1S/C18H21N3O6S/c1-4-27-17-9-8-14(11-16(17)21(23)24)18(22)20(3)12(2)13-6-5-7-15(10-13)28(19,25)26/h5-12H,4H2,1-3H3,(H2,19,25,26). The number of hydrogen-bond acceptors (Lipinski definition) is 6. The lowest BCUT2D eigenvalue weighted by atomic mass is 10.1. The third kappa shape index (κ3) is 4.65. The summed E-state index contributed by atoms with van der Waals surface area (Å²) in [5, 5.41) is 16.4. The minimum absolute atomic E-state index is 0.0607. The van der Waals surface area contributed by atoms with Crippen LogP contribution in [0, 0.1) is 10.1 Å². The van der Waals surface area contributed by atoms with E-state index in [-0.39, 0.29) is 28.5 Å². The number of hydrogen-bond donors (Lipinski definition) is 1. The maximum absolute atomic E-state index is 12.8. The molecule has 0 heterocycles. The first-order valence-electron chi connectivity index (χ1n) is 8.37.